The topological polar surface area (TPSA) is 24.1 Å². The zero-order chi connectivity index (χ0) is 11.5. The Morgan fingerprint density at radius 1 is 1.06 bits per heavy atom. The molecule has 0 bridgehead atoms. The van der Waals surface area contributed by atoms with Gasteiger partial charge in [0.15, 0.2) is 0 Å². The van der Waals surface area contributed by atoms with Crippen LogP contribution in [-0.4, -0.2) is 25.7 Å². The Labute approximate surface area is 104 Å². The summed E-state index contributed by atoms with van der Waals surface area (Å²) in [6.45, 7) is 3.54. The third-order valence-corrected chi connectivity index (χ3v) is 4.16. The normalized spacial score (nSPS) is 28.7. The molecular weight excluding hydrogens is 208 g/mol. The fourth-order valence-corrected chi connectivity index (χ4v) is 3.08. The van der Waals surface area contributed by atoms with Crippen molar-refractivity contribution in [3.05, 3.63) is 35.4 Å². The van der Waals surface area contributed by atoms with E-state index in [0.29, 0.717) is 6.04 Å². The second-order valence-corrected chi connectivity index (χ2v) is 5.43. The van der Waals surface area contributed by atoms with Crippen LogP contribution < -0.4 is 10.6 Å². The average Bonchev–Trinajstić information content (AvgIpc) is 3.01. The molecule has 2 heterocycles. The van der Waals surface area contributed by atoms with Crippen LogP contribution in [0.15, 0.2) is 24.3 Å². The van der Waals surface area contributed by atoms with Crippen molar-refractivity contribution in [1.29, 1.82) is 0 Å². The van der Waals surface area contributed by atoms with Crippen molar-refractivity contribution in [2.45, 2.75) is 37.6 Å². The molecule has 92 valence electrons. The molecule has 0 radical (unpaired) electrons. The Balaban J connectivity index is 1.62. The van der Waals surface area contributed by atoms with Gasteiger partial charge in [0, 0.05) is 12.6 Å². The van der Waals surface area contributed by atoms with E-state index in [2.05, 4.69) is 34.9 Å². The van der Waals surface area contributed by atoms with Crippen LogP contribution in [0, 0.1) is 0 Å². The van der Waals surface area contributed by atoms with Crippen molar-refractivity contribution in [3.8, 4) is 0 Å². The van der Waals surface area contributed by atoms with Gasteiger partial charge >= 0.3 is 0 Å². The first-order chi connectivity index (χ1) is 8.42. The highest BCUT2D eigenvalue weighted by Gasteiger charge is 2.17. The van der Waals surface area contributed by atoms with Crippen LogP contribution >= 0.6 is 0 Å². The minimum absolute atomic E-state index is 0.717. The lowest BCUT2D eigenvalue weighted by Gasteiger charge is -2.12. The molecule has 1 aromatic carbocycles. The fraction of sp³-hybridized carbons (Fsp3) is 0.600. The first kappa shape index (κ1) is 11.2. The number of hydrogen-bond donors (Lipinski definition) is 2. The Bertz CT molecular complexity index is 346. The van der Waals surface area contributed by atoms with E-state index in [1.807, 2.05) is 0 Å². The molecule has 2 atom stereocenters. The minimum atomic E-state index is 0.717. The summed E-state index contributed by atoms with van der Waals surface area (Å²) in [5.74, 6) is 0.744. The van der Waals surface area contributed by atoms with Gasteiger partial charge in [0.1, 0.15) is 0 Å². The highest BCUT2D eigenvalue weighted by molar-refractivity contribution is 5.27. The van der Waals surface area contributed by atoms with Gasteiger partial charge in [-0.3, -0.25) is 0 Å². The Morgan fingerprint density at radius 3 is 2.59 bits per heavy atom. The van der Waals surface area contributed by atoms with Gasteiger partial charge in [0.25, 0.3) is 0 Å². The predicted octanol–water partition coefficient (Wildman–Crippen LogP) is 2.06. The molecule has 2 nitrogen and oxygen atoms in total. The van der Waals surface area contributed by atoms with E-state index < -0.39 is 0 Å². The summed E-state index contributed by atoms with van der Waals surface area (Å²) in [5.41, 5.74) is 3.00. The number of benzene rings is 1. The highest BCUT2D eigenvalue weighted by atomic mass is 14.9. The lowest BCUT2D eigenvalue weighted by Crippen LogP contribution is -2.23. The number of rotatable bonds is 3. The summed E-state index contributed by atoms with van der Waals surface area (Å²) in [6.07, 6.45) is 5.18. The average molecular weight is 230 g/mol. The summed E-state index contributed by atoms with van der Waals surface area (Å²) in [5, 5.41) is 7.00. The van der Waals surface area contributed by atoms with Crippen molar-refractivity contribution in [1.82, 2.24) is 10.6 Å². The Hall–Kier alpha value is -0.860. The predicted molar refractivity (Wildman–Crippen MR) is 71.4 cm³/mol. The molecule has 0 aliphatic carbocycles. The molecule has 0 amide bonds. The first-order valence-electron chi connectivity index (χ1n) is 6.95. The van der Waals surface area contributed by atoms with Gasteiger partial charge in [-0.05, 0) is 55.8 Å². The van der Waals surface area contributed by atoms with Crippen molar-refractivity contribution in [2.75, 3.05) is 19.6 Å². The molecule has 0 spiro atoms. The molecule has 2 unspecified atom stereocenters. The van der Waals surface area contributed by atoms with E-state index in [1.165, 1.54) is 49.9 Å². The molecule has 17 heavy (non-hydrogen) atoms. The van der Waals surface area contributed by atoms with Crippen LogP contribution in [0.4, 0.5) is 0 Å². The van der Waals surface area contributed by atoms with Gasteiger partial charge in [0.05, 0.1) is 0 Å². The van der Waals surface area contributed by atoms with E-state index in [9.17, 15) is 0 Å². The Kier molecular flexibility index (Phi) is 3.44. The minimum Gasteiger partial charge on any atom is -0.316 e. The maximum absolute atomic E-state index is 3.56. The van der Waals surface area contributed by atoms with Crippen LogP contribution in [0.5, 0.6) is 0 Å². The van der Waals surface area contributed by atoms with E-state index >= 15 is 0 Å². The number of hydrogen-bond acceptors (Lipinski definition) is 2. The van der Waals surface area contributed by atoms with E-state index in [4.69, 9.17) is 0 Å². The van der Waals surface area contributed by atoms with Crippen molar-refractivity contribution in [3.63, 3.8) is 0 Å². The lowest BCUT2D eigenvalue weighted by atomic mass is 9.96. The SMILES string of the molecule is c1cc(C2CCNC2)ccc1CC1CCCN1. The molecule has 1 aromatic rings. The van der Waals surface area contributed by atoms with E-state index in [0.717, 1.165) is 12.5 Å². The summed E-state index contributed by atoms with van der Waals surface area (Å²) in [6, 6.07) is 10.0. The maximum Gasteiger partial charge on any atom is 0.0108 e. The molecule has 2 heteroatoms. The molecule has 2 N–H and O–H groups in total. The summed E-state index contributed by atoms with van der Waals surface area (Å²) in [7, 11) is 0. The van der Waals surface area contributed by atoms with Crippen LogP contribution in [0.1, 0.15) is 36.3 Å². The third kappa shape index (κ3) is 2.70. The molecule has 3 rings (SSSR count). The first-order valence-corrected chi connectivity index (χ1v) is 6.95. The number of nitrogens with one attached hydrogen (secondary N) is 2. The van der Waals surface area contributed by atoms with Crippen molar-refractivity contribution in [2.24, 2.45) is 0 Å². The zero-order valence-corrected chi connectivity index (χ0v) is 10.4. The zero-order valence-electron chi connectivity index (χ0n) is 10.4. The van der Waals surface area contributed by atoms with Gasteiger partial charge in [0.2, 0.25) is 0 Å². The highest BCUT2D eigenvalue weighted by Crippen LogP contribution is 2.23. The lowest BCUT2D eigenvalue weighted by molar-refractivity contribution is 0.603. The van der Waals surface area contributed by atoms with Gasteiger partial charge < -0.3 is 10.6 Å². The molecule has 0 saturated carbocycles. The summed E-state index contributed by atoms with van der Waals surface area (Å²) < 4.78 is 0. The standard InChI is InChI=1S/C15H22N2/c1-2-15(17-8-1)10-12-3-5-13(6-4-12)14-7-9-16-11-14/h3-6,14-17H,1-2,7-11H2. The third-order valence-electron chi connectivity index (χ3n) is 4.16. The second-order valence-electron chi connectivity index (χ2n) is 5.43. The van der Waals surface area contributed by atoms with Crippen molar-refractivity contribution >= 4 is 0 Å². The van der Waals surface area contributed by atoms with Crippen LogP contribution in [0.2, 0.25) is 0 Å². The molecule has 2 aliphatic rings. The van der Waals surface area contributed by atoms with E-state index in [1.54, 1.807) is 0 Å². The van der Waals surface area contributed by atoms with Gasteiger partial charge in [-0.2, -0.15) is 0 Å². The van der Waals surface area contributed by atoms with Crippen LogP contribution in [0.25, 0.3) is 0 Å². The van der Waals surface area contributed by atoms with E-state index in [-0.39, 0.29) is 0 Å². The maximum atomic E-state index is 3.56. The molecular formula is C15H22N2. The van der Waals surface area contributed by atoms with Crippen molar-refractivity contribution < 1.29 is 0 Å². The molecule has 2 fully saturated rings. The second kappa shape index (κ2) is 5.19. The monoisotopic (exact) mass is 230 g/mol. The van der Waals surface area contributed by atoms with Crippen LogP contribution in [0.3, 0.4) is 0 Å². The smallest absolute Gasteiger partial charge is 0.0108 e. The van der Waals surface area contributed by atoms with Crippen LogP contribution in [-0.2, 0) is 6.42 Å². The summed E-state index contributed by atoms with van der Waals surface area (Å²) >= 11 is 0. The van der Waals surface area contributed by atoms with Gasteiger partial charge in [-0.1, -0.05) is 24.3 Å². The van der Waals surface area contributed by atoms with Gasteiger partial charge in [-0.25, -0.2) is 0 Å². The fourth-order valence-electron chi connectivity index (χ4n) is 3.08. The molecule has 0 aromatic heterocycles. The molecule has 2 aliphatic heterocycles. The van der Waals surface area contributed by atoms with Gasteiger partial charge in [-0.15, -0.1) is 0 Å². The summed E-state index contributed by atoms with van der Waals surface area (Å²) in [4.78, 5) is 0. The quantitative estimate of drug-likeness (QED) is 0.830. The molecule has 2 saturated heterocycles. The largest absolute Gasteiger partial charge is 0.316 e. The Morgan fingerprint density at radius 2 is 1.94 bits per heavy atom.